The van der Waals surface area contributed by atoms with E-state index in [-0.39, 0.29) is 12.2 Å². The Bertz CT molecular complexity index is 441. The molecule has 1 aromatic carbocycles. The van der Waals surface area contributed by atoms with Gasteiger partial charge in [-0.25, -0.2) is 0 Å². The SMILES string of the molecule is C=C(C)c1cc(OC[C@H]2CO2)cc(OC[C@H]2CO2)c1. The molecule has 0 spiro atoms. The summed E-state index contributed by atoms with van der Waals surface area (Å²) in [4.78, 5) is 0. The lowest BCUT2D eigenvalue weighted by molar-refractivity contribution is 0.252. The van der Waals surface area contributed by atoms with E-state index in [0.717, 1.165) is 35.8 Å². The zero-order valence-electron chi connectivity index (χ0n) is 11.1. The van der Waals surface area contributed by atoms with Crippen LogP contribution in [0.1, 0.15) is 12.5 Å². The summed E-state index contributed by atoms with van der Waals surface area (Å²) in [5.74, 6) is 1.59. The molecule has 2 aliphatic rings. The van der Waals surface area contributed by atoms with Crippen molar-refractivity contribution in [1.29, 1.82) is 0 Å². The molecule has 0 aliphatic carbocycles. The molecule has 0 radical (unpaired) electrons. The third-order valence-corrected chi connectivity index (χ3v) is 3.05. The highest BCUT2D eigenvalue weighted by molar-refractivity contribution is 5.64. The molecular formula is C15H18O4. The molecule has 2 aliphatic heterocycles. The van der Waals surface area contributed by atoms with E-state index >= 15 is 0 Å². The van der Waals surface area contributed by atoms with Gasteiger partial charge in [0.1, 0.15) is 36.9 Å². The van der Waals surface area contributed by atoms with Crippen LogP contribution in [0, 0.1) is 0 Å². The van der Waals surface area contributed by atoms with Crippen LogP contribution in [0.2, 0.25) is 0 Å². The summed E-state index contributed by atoms with van der Waals surface area (Å²) in [6, 6.07) is 5.85. The quantitative estimate of drug-likeness (QED) is 0.707. The van der Waals surface area contributed by atoms with Gasteiger partial charge in [-0.05, 0) is 24.6 Å². The first kappa shape index (κ1) is 12.5. The molecule has 0 amide bonds. The lowest BCUT2D eigenvalue weighted by Gasteiger charge is -2.11. The molecule has 102 valence electrons. The Morgan fingerprint density at radius 2 is 1.58 bits per heavy atom. The number of epoxide rings is 2. The van der Waals surface area contributed by atoms with Crippen LogP contribution in [0.4, 0.5) is 0 Å². The van der Waals surface area contributed by atoms with E-state index in [9.17, 15) is 0 Å². The minimum Gasteiger partial charge on any atom is -0.491 e. The molecule has 19 heavy (non-hydrogen) atoms. The highest BCUT2D eigenvalue weighted by Crippen LogP contribution is 2.28. The van der Waals surface area contributed by atoms with Crippen LogP contribution in [-0.2, 0) is 9.47 Å². The van der Waals surface area contributed by atoms with Crippen molar-refractivity contribution in [3.05, 3.63) is 30.3 Å². The second-order valence-corrected chi connectivity index (χ2v) is 5.01. The number of hydrogen-bond donors (Lipinski definition) is 0. The molecule has 0 saturated carbocycles. The van der Waals surface area contributed by atoms with Crippen LogP contribution in [0.25, 0.3) is 5.57 Å². The van der Waals surface area contributed by atoms with Crippen molar-refractivity contribution in [2.45, 2.75) is 19.1 Å². The second kappa shape index (κ2) is 5.23. The van der Waals surface area contributed by atoms with Crippen LogP contribution in [-0.4, -0.2) is 38.6 Å². The van der Waals surface area contributed by atoms with Crippen molar-refractivity contribution in [3.8, 4) is 11.5 Å². The maximum atomic E-state index is 5.71. The van der Waals surface area contributed by atoms with Gasteiger partial charge in [-0.3, -0.25) is 0 Å². The number of hydrogen-bond acceptors (Lipinski definition) is 4. The molecular weight excluding hydrogens is 244 g/mol. The van der Waals surface area contributed by atoms with Crippen molar-refractivity contribution >= 4 is 5.57 Å². The van der Waals surface area contributed by atoms with E-state index in [0.29, 0.717) is 13.2 Å². The van der Waals surface area contributed by atoms with Gasteiger partial charge in [0.2, 0.25) is 0 Å². The van der Waals surface area contributed by atoms with E-state index < -0.39 is 0 Å². The standard InChI is InChI=1S/C15H18O4/c1-10(2)11-3-12(16-6-14-8-18-14)5-13(4-11)17-7-15-9-19-15/h3-5,14-15H,1,6-9H2,2H3/t14-,15-/m0/s1. The van der Waals surface area contributed by atoms with Gasteiger partial charge in [0.15, 0.2) is 0 Å². The van der Waals surface area contributed by atoms with Crippen LogP contribution in [0.3, 0.4) is 0 Å². The third kappa shape index (κ3) is 3.72. The minimum atomic E-state index is 0.248. The van der Waals surface area contributed by atoms with Gasteiger partial charge in [0.25, 0.3) is 0 Å². The minimum absolute atomic E-state index is 0.248. The largest absolute Gasteiger partial charge is 0.491 e. The van der Waals surface area contributed by atoms with Gasteiger partial charge in [0.05, 0.1) is 13.2 Å². The van der Waals surface area contributed by atoms with Crippen molar-refractivity contribution < 1.29 is 18.9 Å². The molecule has 2 saturated heterocycles. The average Bonchev–Trinajstić information content (AvgIpc) is 3.28. The number of benzene rings is 1. The van der Waals surface area contributed by atoms with E-state index in [4.69, 9.17) is 18.9 Å². The fourth-order valence-electron chi connectivity index (χ4n) is 1.69. The summed E-state index contributed by atoms with van der Waals surface area (Å²) in [5, 5.41) is 0. The first-order valence-electron chi connectivity index (χ1n) is 6.50. The fraction of sp³-hybridized carbons (Fsp3) is 0.467. The van der Waals surface area contributed by atoms with Crippen molar-refractivity contribution in [2.75, 3.05) is 26.4 Å². The smallest absolute Gasteiger partial charge is 0.123 e. The fourth-order valence-corrected chi connectivity index (χ4v) is 1.69. The van der Waals surface area contributed by atoms with E-state index in [1.165, 1.54) is 0 Å². The van der Waals surface area contributed by atoms with Crippen molar-refractivity contribution in [2.24, 2.45) is 0 Å². The number of rotatable bonds is 7. The predicted octanol–water partition coefficient (Wildman–Crippen LogP) is 2.27. The predicted molar refractivity (Wildman–Crippen MR) is 71.6 cm³/mol. The Labute approximate surface area is 112 Å². The monoisotopic (exact) mass is 262 g/mol. The molecule has 2 heterocycles. The van der Waals surface area contributed by atoms with Gasteiger partial charge in [-0.15, -0.1) is 0 Å². The first-order chi connectivity index (χ1) is 9.20. The van der Waals surface area contributed by atoms with E-state index in [1.807, 2.05) is 25.1 Å². The first-order valence-corrected chi connectivity index (χ1v) is 6.50. The summed E-state index contributed by atoms with van der Waals surface area (Å²) >= 11 is 0. The lowest BCUT2D eigenvalue weighted by Crippen LogP contribution is -2.06. The highest BCUT2D eigenvalue weighted by atomic mass is 16.6. The Kier molecular flexibility index (Phi) is 3.44. The normalized spacial score (nSPS) is 23.8. The molecule has 0 unspecified atom stereocenters. The van der Waals surface area contributed by atoms with Gasteiger partial charge >= 0.3 is 0 Å². The maximum absolute atomic E-state index is 5.71. The zero-order chi connectivity index (χ0) is 13.2. The van der Waals surface area contributed by atoms with Gasteiger partial charge < -0.3 is 18.9 Å². The highest BCUT2D eigenvalue weighted by Gasteiger charge is 2.24. The molecule has 2 fully saturated rings. The molecule has 3 rings (SSSR count). The summed E-state index contributed by atoms with van der Waals surface area (Å²) in [6.07, 6.45) is 0.496. The lowest BCUT2D eigenvalue weighted by atomic mass is 10.1. The average molecular weight is 262 g/mol. The number of allylic oxidation sites excluding steroid dienone is 1. The van der Waals surface area contributed by atoms with Gasteiger partial charge in [0, 0.05) is 6.07 Å². The summed E-state index contributed by atoms with van der Waals surface area (Å²) < 4.78 is 21.7. The summed E-state index contributed by atoms with van der Waals surface area (Å²) in [7, 11) is 0. The number of ether oxygens (including phenoxy) is 4. The molecule has 4 heteroatoms. The van der Waals surface area contributed by atoms with Crippen LogP contribution >= 0.6 is 0 Å². The van der Waals surface area contributed by atoms with Crippen molar-refractivity contribution in [3.63, 3.8) is 0 Å². The van der Waals surface area contributed by atoms with Crippen LogP contribution < -0.4 is 9.47 Å². The summed E-state index contributed by atoms with van der Waals surface area (Å²) in [6.45, 7) is 8.70. The second-order valence-electron chi connectivity index (χ2n) is 5.01. The molecule has 0 aromatic heterocycles. The Morgan fingerprint density at radius 3 is 1.95 bits per heavy atom. The van der Waals surface area contributed by atoms with E-state index in [1.54, 1.807) is 0 Å². The van der Waals surface area contributed by atoms with Crippen LogP contribution in [0.5, 0.6) is 11.5 Å². The topological polar surface area (TPSA) is 43.5 Å². The maximum Gasteiger partial charge on any atom is 0.123 e. The third-order valence-electron chi connectivity index (χ3n) is 3.05. The van der Waals surface area contributed by atoms with Crippen molar-refractivity contribution in [1.82, 2.24) is 0 Å². The van der Waals surface area contributed by atoms with Gasteiger partial charge in [-0.1, -0.05) is 12.2 Å². The molecule has 0 bridgehead atoms. The Balaban J connectivity index is 1.69. The van der Waals surface area contributed by atoms with Crippen LogP contribution in [0.15, 0.2) is 24.8 Å². The Hall–Kier alpha value is -1.52. The Morgan fingerprint density at radius 1 is 1.11 bits per heavy atom. The molecule has 2 atom stereocenters. The zero-order valence-corrected chi connectivity index (χ0v) is 11.1. The van der Waals surface area contributed by atoms with Gasteiger partial charge in [-0.2, -0.15) is 0 Å². The molecule has 1 aromatic rings. The van der Waals surface area contributed by atoms with E-state index in [2.05, 4.69) is 6.58 Å². The summed E-state index contributed by atoms with van der Waals surface area (Å²) in [5.41, 5.74) is 2.02. The molecule has 0 N–H and O–H groups in total. The molecule has 4 nitrogen and oxygen atoms in total.